The Kier molecular flexibility index (Phi) is 2.30. The molecule has 0 atom stereocenters. The molecule has 0 bridgehead atoms. The highest BCUT2D eigenvalue weighted by Crippen LogP contribution is 2.19. The number of halogens is 2. The summed E-state index contributed by atoms with van der Waals surface area (Å²) in [5.74, 6) is -0.266. The molecule has 0 amide bonds. The lowest BCUT2D eigenvalue weighted by Crippen LogP contribution is -1.94. The second-order valence-electron chi connectivity index (χ2n) is 3.58. The summed E-state index contributed by atoms with van der Waals surface area (Å²) in [6, 6.07) is 8.07. The highest BCUT2D eigenvalue weighted by Gasteiger charge is 2.05. The van der Waals surface area contributed by atoms with E-state index in [1.165, 1.54) is 12.1 Å². The lowest BCUT2D eigenvalue weighted by Gasteiger charge is -2.04. The van der Waals surface area contributed by atoms with Crippen molar-refractivity contribution in [2.24, 2.45) is 0 Å². The summed E-state index contributed by atoms with van der Waals surface area (Å²) in [5.41, 5.74) is 1.53. The Labute approximate surface area is 101 Å². The van der Waals surface area contributed by atoms with Gasteiger partial charge in [-0.1, -0.05) is 0 Å². The Morgan fingerprint density at radius 1 is 1.12 bits per heavy atom. The van der Waals surface area contributed by atoms with Crippen molar-refractivity contribution in [2.75, 3.05) is 0 Å². The quantitative estimate of drug-likeness (QED) is 0.618. The first-order valence-electron chi connectivity index (χ1n) is 4.99. The van der Waals surface area contributed by atoms with Gasteiger partial charge < -0.3 is 4.57 Å². The molecule has 0 fully saturated rings. The normalized spacial score (nSPS) is 10.9. The van der Waals surface area contributed by atoms with Crippen LogP contribution in [0.2, 0.25) is 5.28 Å². The molecule has 0 aliphatic rings. The zero-order valence-electron chi connectivity index (χ0n) is 8.64. The third-order valence-corrected chi connectivity index (χ3v) is 2.68. The molecule has 3 nitrogen and oxygen atoms in total. The van der Waals surface area contributed by atoms with Crippen molar-refractivity contribution in [1.29, 1.82) is 0 Å². The highest BCUT2D eigenvalue weighted by molar-refractivity contribution is 6.28. The second kappa shape index (κ2) is 3.82. The maximum atomic E-state index is 12.9. The van der Waals surface area contributed by atoms with Gasteiger partial charge in [-0.3, -0.25) is 0 Å². The first-order valence-corrected chi connectivity index (χ1v) is 5.37. The summed E-state index contributed by atoms with van der Waals surface area (Å²) >= 11 is 5.76. The van der Waals surface area contributed by atoms with Gasteiger partial charge in [0.15, 0.2) is 0 Å². The van der Waals surface area contributed by atoms with Gasteiger partial charge in [0.25, 0.3) is 0 Å². The van der Waals surface area contributed by atoms with E-state index in [-0.39, 0.29) is 11.1 Å². The zero-order chi connectivity index (χ0) is 11.8. The van der Waals surface area contributed by atoms with E-state index in [1.54, 1.807) is 18.3 Å². The Morgan fingerprint density at radius 2 is 1.88 bits per heavy atom. The standard InChI is InChI=1S/C12H7ClFN3/c13-12-15-7-8-5-6-17(11(8)16-12)10-3-1-9(14)2-4-10/h1-7H. The van der Waals surface area contributed by atoms with Crippen molar-refractivity contribution in [3.8, 4) is 5.69 Å². The molecular weight excluding hydrogens is 241 g/mol. The predicted octanol–water partition coefficient (Wildman–Crippen LogP) is 3.21. The minimum absolute atomic E-state index is 0.194. The Hall–Kier alpha value is -1.94. The van der Waals surface area contributed by atoms with Gasteiger partial charge in [-0.2, -0.15) is 4.98 Å². The highest BCUT2D eigenvalue weighted by atomic mass is 35.5. The third-order valence-electron chi connectivity index (χ3n) is 2.50. The number of hydrogen-bond acceptors (Lipinski definition) is 2. The Bertz CT molecular complexity index is 676. The zero-order valence-corrected chi connectivity index (χ0v) is 9.39. The Morgan fingerprint density at radius 3 is 2.65 bits per heavy atom. The van der Waals surface area contributed by atoms with Crippen molar-refractivity contribution in [3.05, 3.63) is 53.8 Å². The van der Waals surface area contributed by atoms with Crippen LogP contribution in [0, 0.1) is 5.82 Å². The van der Waals surface area contributed by atoms with Crippen LogP contribution in [-0.4, -0.2) is 14.5 Å². The number of hydrogen-bond donors (Lipinski definition) is 0. The van der Waals surface area contributed by atoms with Gasteiger partial charge in [-0.15, -0.1) is 0 Å². The second-order valence-corrected chi connectivity index (χ2v) is 3.92. The number of rotatable bonds is 1. The summed E-state index contributed by atoms with van der Waals surface area (Å²) in [6.45, 7) is 0. The molecule has 2 aromatic heterocycles. The molecule has 3 rings (SSSR count). The van der Waals surface area contributed by atoms with E-state index >= 15 is 0 Å². The van der Waals surface area contributed by atoms with Crippen LogP contribution in [0.3, 0.4) is 0 Å². The monoisotopic (exact) mass is 247 g/mol. The maximum Gasteiger partial charge on any atom is 0.224 e. The molecule has 84 valence electrons. The number of benzene rings is 1. The average molecular weight is 248 g/mol. The fourth-order valence-corrected chi connectivity index (χ4v) is 1.84. The molecule has 0 saturated heterocycles. The lowest BCUT2D eigenvalue weighted by atomic mass is 10.3. The first-order chi connectivity index (χ1) is 8.24. The maximum absolute atomic E-state index is 12.9. The minimum Gasteiger partial charge on any atom is -0.301 e. The summed E-state index contributed by atoms with van der Waals surface area (Å²) < 4.78 is 14.7. The van der Waals surface area contributed by atoms with Gasteiger partial charge in [-0.25, -0.2) is 9.37 Å². The summed E-state index contributed by atoms with van der Waals surface area (Å²) in [4.78, 5) is 8.07. The summed E-state index contributed by atoms with van der Waals surface area (Å²) in [6.07, 6.45) is 3.51. The largest absolute Gasteiger partial charge is 0.301 e. The van der Waals surface area contributed by atoms with Crippen molar-refractivity contribution in [1.82, 2.24) is 14.5 Å². The lowest BCUT2D eigenvalue weighted by molar-refractivity contribution is 0.627. The van der Waals surface area contributed by atoms with E-state index in [1.807, 2.05) is 16.8 Å². The summed E-state index contributed by atoms with van der Waals surface area (Å²) in [7, 11) is 0. The van der Waals surface area contributed by atoms with E-state index in [0.717, 1.165) is 11.1 Å². The molecule has 0 aliphatic heterocycles. The van der Waals surface area contributed by atoms with Crippen LogP contribution in [-0.2, 0) is 0 Å². The van der Waals surface area contributed by atoms with Crippen LogP contribution < -0.4 is 0 Å². The first kappa shape index (κ1) is 10.2. The van der Waals surface area contributed by atoms with E-state index in [4.69, 9.17) is 11.6 Å². The van der Waals surface area contributed by atoms with Gasteiger partial charge in [0.05, 0.1) is 0 Å². The molecule has 0 aliphatic carbocycles. The van der Waals surface area contributed by atoms with Crippen LogP contribution in [0.25, 0.3) is 16.7 Å². The van der Waals surface area contributed by atoms with Gasteiger partial charge in [-0.05, 0) is 41.9 Å². The van der Waals surface area contributed by atoms with E-state index in [0.29, 0.717) is 5.65 Å². The smallest absolute Gasteiger partial charge is 0.224 e. The van der Waals surface area contributed by atoms with Crippen molar-refractivity contribution < 1.29 is 4.39 Å². The predicted molar refractivity (Wildman–Crippen MR) is 63.8 cm³/mol. The molecule has 5 heteroatoms. The molecule has 3 aromatic rings. The fourth-order valence-electron chi connectivity index (χ4n) is 1.71. The fraction of sp³-hybridized carbons (Fsp3) is 0. The van der Waals surface area contributed by atoms with E-state index in [2.05, 4.69) is 9.97 Å². The van der Waals surface area contributed by atoms with E-state index in [9.17, 15) is 4.39 Å². The Balaban J connectivity index is 2.23. The SMILES string of the molecule is Fc1ccc(-n2ccc3cnc(Cl)nc32)cc1. The van der Waals surface area contributed by atoms with Crippen LogP contribution in [0.1, 0.15) is 0 Å². The van der Waals surface area contributed by atoms with Crippen molar-refractivity contribution >= 4 is 22.6 Å². The average Bonchev–Trinajstić information content (AvgIpc) is 2.73. The molecule has 2 heterocycles. The number of fused-ring (bicyclic) bond motifs is 1. The molecule has 0 unspecified atom stereocenters. The molecule has 17 heavy (non-hydrogen) atoms. The molecule has 0 radical (unpaired) electrons. The van der Waals surface area contributed by atoms with E-state index < -0.39 is 0 Å². The number of nitrogens with zero attached hydrogens (tertiary/aromatic N) is 3. The number of aromatic nitrogens is 3. The molecule has 0 N–H and O–H groups in total. The van der Waals surface area contributed by atoms with Crippen LogP contribution in [0.15, 0.2) is 42.7 Å². The van der Waals surface area contributed by atoms with Gasteiger partial charge >= 0.3 is 0 Å². The topological polar surface area (TPSA) is 30.7 Å². The molecule has 0 spiro atoms. The van der Waals surface area contributed by atoms with Crippen LogP contribution in [0.5, 0.6) is 0 Å². The molecular formula is C12H7ClFN3. The van der Waals surface area contributed by atoms with Crippen LogP contribution in [0.4, 0.5) is 4.39 Å². The minimum atomic E-state index is -0.266. The van der Waals surface area contributed by atoms with Crippen molar-refractivity contribution in [3.63, 3.8) is 0 Å². The third kappa shape index (κ3) is 1.76. The molecule has 0 saturated carbocycles. The van der Waals surface area contributed by atoms with Gasteiger partial charge in [0, 0.05) is 23.5 Å². The van der Waals surface area contributed by atoms with Gasteiger partial charge in [0.2, 0.25) is 5.28 Å². The van der Waals surface area contributed by atoms with Crippen molar-refractivity contribution in [2.45, 2.75) is 0 Å². The summed E-state index contributed by atoms with van der Waals surface area (Å²) in [5, 5.41) is 1.08. The molecule has 1 aromatic carbocycles. The van der Waals surface area contributed by atoms with Gasteiger partial charge in [0.1, 0.15) is 11.5 Å². The van der Waals surface area contributed by atoms with Crippen LogP contribution >= 0.6 is 11.6 Å².